The number of rotatable bonds is 7. The number of aromatic nitrogens is 1. The summed E-state index contributed by atoms with van der Waals surface area (Å²) in [6.07, 6.45) is 12.1. The van der Waals surface area contributed by atoms with E-state index in [1.807, 2.05) is 6.21 Å². The van der Waals surface area contributed by atoms with Crippen molar-refractivity contribution in [1.29, 1.82) is 0 Å². The van der Waals surface area contributed by atoms with Crippen LogP contribution in [-0.2, 0) is 12.8 Å². The zero-order valence-corrected chi connectivity index (χ0v) is 26.2. The van der Waals surface area contributed by atoms with Crippen molar-refractivity contribution in [1.82, 2.24) is 9.88 Å². The van der Waals surface area contributed by atoms with E-state index in [9.17, 15) is 4.79 Å². The van der Waals surface area contributed by atoms with E-state index < -0.39 is 0 Å². The maximum atomic E-state index is 13.8. The van der Waals surface area contributed by atoms with E-state index in [1.54, 1.807) is 11.3 Å². The Morgan fingerprint density at radius 3 is 2.25 bits per heavy atom. The molecule has 0 aliphatic heterocycles. The van der Waals surface area contributed by atoms with E-state index in [2.05, 4.69) is 108 Å². The molecule has 2 aliphatic carbocycles. The number of hydrogen-bond acceptors (Lipinski definition) is 3. The van der Waals surface area contributed by atoms with Crippen molar-refractivity contribution < 1.29 is 4.79 Å². The fourth-order valence-corrected chi connectivity index (χ4v) is 8.04. The van der Waals surface area contributed by atoms with Gasteiger partial charge in [-0.3, -0.25) is 4.79 Å². The van der Waals surface area contributed by atoms with Crippen molar-refractivity contribution in [2.24, 2.45) is 4.99 Å². The largest absolute Gasteiger partial charge is 0.349 e. The second-order valence-corrected chi connectivity index (χ2v) is 13.3. The molecule has 0 saturated heterocycles. The molecule has 1 amide bonds. The molecule has 2 heterocycles. The van der Waals surface area contributed by atoms with Crippen LogP contribution in [0.5, 0.6) is 0 Å². The molecular weight excluding hydrogens is 559 g/mol. The van der Waals surface area contributed by atoms with Crippen molar-refractivity contribution in [2.75, 3.05) is 0 Å². The minimum atomic E-state index is 0.0638. The van der Waals surface area contributed by atoms with Crippen molar-refractivity contribution in [3.05, 3.63) is 118 Å². The lowest BCUT2D eigenvalue weighted by Gasteiger charge is -2.23. The van der Waals surface area contributed by atoms with Gasteiger partial charge in [0.2, 0.25) is 0 Å². The molecule has 2 aliphatic rings. The van der Waals surface area contributed by atoms with Crippen LogP contribution in [0.25, 0.3) is 28.2 Å². The SMILES string of the molecule is Cc1ccc(-n2c(-c3ccccc3)cc(C=Nc3sc4c(c3C(=O)NC3CCCCC3)CCCC4)c2-c2ccccc2)cc1. The summed E-state index contributed by atoms with van der Waals surface area (Å²) >= 11 is 1.71. The summed E-state index contributed by atoms with van der Waals surface area (Å²) < 4.78 is 2.35. The first-order valence-corrected chi connectivity index (χ1v) is 16.9. The van der Waals surface area contributed by atoms with Crippen LogP contribution in [0.15, 0.2) is 96.0 Å². The van der Waals surface area contributed by atoms with Gasteiger partial charge in [-0.2, -0.15) is 0 Å². The Kier molecular flexibility index (Phi) is 8.30. The number of carbonyl (C=O) groups is 1. The summed E-state index contributed by atoms with van der Waals surface area (Å²) in [6.45, 7) is 2.12. The fraction of sp³-hybridized carbons (Fsp3) is 0.282. The highest BCUT2D eigenvalue weighted by atomic mass is 32.1. The Morgan fingerprint density at radius 2 is 1.52 bits per heavy atom. The predicted octanol–water partition coefficient (Wildman–Crippen LogP) is 9.87. The first-order valence-electron chi connectivity index (χ1n) is 16.1. The maximum Gasteiger partial charge on any atom is 0.254 e. The summed E-state index contributed by atoms with van der Waals surface area (Å²) in [5.74, 6) is 0.0638. The van der Waals surface area contributed by atoms with E-state index in [1.165, 1.54) is 41.7 Å². The molecule has 0 radical (unpaired) electrons. The second-order valence-electron chi connectivity index (χ2n) is 12.2. The first kappa shape index (κ1) is 28.5. The number of hydrogen-bond donors (Lipinski definition) is 1. The van der Waals surface area contributed by atoms with Crippen molar-refractivity contribution >= 4 is 28.5 Å². The van der Waals surface area contributed by atoms with Crippen molar-refractivity contribution in [3.63, 3.8) is 0 Å². The lowest BCUT2D eigenvalue weighted by Crippen LogP contribution is -2.36. The fourth-order valence-electron chi connectivity index (χ4n) is 6.81. The number of nitrogens with zero attached hydrogens (tertiary/aromatic N) is 2. The van der Waals surface area contributed by atoms with Gasteiger partial charge < -0.3 is 9.88 Å². The van der Waals surface area contributed by atoms with Crippen LogP contribution >= 0.6 is 11.3 Å². The molecule has 7 rings (SSSR count). The molecule has 4 nitrogen and oxygen atoms in total. The van der Waals surface area contributed by atoms with Crippen LogP contribution in [0.2, 0.25) is 0 Å². The topological polar surface area (TPSA) is 46.4 Å². The average molecular weight is 598 g/mol. The van der Waals surface area contributed by atoms with Gasteiger partial charge in [-0.15, -0.1) is 11.3 Å². The number of benzene rings is 3. The van der Waals surface area contributed by atoms with E-state index in [0.717, 1.165) is 76.4 Å². The minimum absolute atomic E-state index is 0.0638. The second kappa shape index (κ2) is 12.8. The Balaban J connectivity index is 1.37. The number of carbonyl (C=O) groups excluding carboxylic acids is 1. The van der Waals surface area contributed by atoms with Gasteiger partial charge in [0.25, 0.3) is 5.91 Å². The molecule has 1 N–H and O–H groups in total. The molecule has 2 aromatic heterocycles. The monoisotopic (exact) mass is 597 g/mol. The first-order chi connectivity index (χ1) is 21.7. The highest BCUT2D eigenvalue weighted by molar-refractivity contribution is 7.16. The lowest BCUT2D eigenvalue weighted by molar-refractivity contribution is 0.0927. The molecule has 0 bridgehead atoms. The molecule has 222 valence electrons. The van der Waals surface area contributed by atoms with Crippen LogP contribution in [0.4, 0.5) is 5.00 Å². The molecular formula is C39H39N3OS. The van der Waals surface area contributed by atoms with E-state index in [4.69, 9.17) is 4.99 Å². The van der Waals surface area contributed by atoms with Crippen LogP contribution in [0.3, 0.4) is 0 Å². The highest BCUT2D eigenvalue weighted by Crippen LogP contribution is 2.41. The van der Waals surface area contributed by atoms with Crippen LogP contribution in [0, 0.1) is 6.92 Å². The van der Waals surface area contributed by atoms with Crippen molar-refractivity contribution in [2.45, 2.75) is 70.8 Å². The third kappa shape index (κ3) is 5.81. The quantitative estimate of drug-likeness (QED) is 0.187. The molecule has 1 fully saturated rings. The van der Waals surface area contributed by atoms with Gasteiger partial charge in [-0.05, 0) is 80.3 Å². The molecule has 5 aromatic rings. The van der Waals surface area contributed by atoms with Crippen LogP contribution in [0.1, 0.15) is 76.9 Å². The Hall–Kier alpha value is -4.22. The Bertz CT molecular complexity index is 1770. The normalized spacial score (nSPS) is 15.4. The minimum Gasteiger partial charge on any atom is -0.349 e. The summed E-state index contributed by atoms with van der Waals surface area (Å²) in [7, 11) is 0. The van der Waals surface area contributed by atoms with Gasteiger partial charge >= 0.3 is 0 Å². The Morgan fingerprint density at radius 1 is 0.841 bits per heavy atom. The van der Waals surface area contributed by atoms with Gasteiger partial charge in [0.1, 0.15) is 5.00 Å². The standard InChI is InChI=1S/C39H39N3OS/c1-27-21-23-32(24-22-27)42-34(28-13-5-2-6-14-28)25-30(37(42)29-15-7-3-8-16-29)26-40-39-36(33-19-11-12-20-35(33)44-39)38(43)41-31-17-9-4-10-18-31/h2-3,5-8,13-16,21-26,31H,4,9-12,17-20H2,1H3,(H,41,43). The van der Waals surface area contributed by atoms with Crippen LogP contribution < -0.4 is 5.32 Å². The van der Waals surface area contributed by atoms with Gasteiger partial charge in [-0.1, -0.05) is 97.6 Å². The number of amides is 1. The van der Waals surface area contributed by atoms with Crippen molar-refractivity contribution in [3.8, 4) is 28.2 Å². The van der Waals surface area contributed by atoms with E-state index in [-0.39, 0.29) is 11.9 Å². The third-order valence-corrected chi connectivity index (χ3v) is 10.3. The summed E-state index contributed by atoms with van der Waals surface area (Å²) in [5, 5.41) is 4.24. The molecule has 1 saturated carbocycles. The van der Waals surface area contributed by atoms with Gasteiger partial charge in [0, 0.05) is 28.4 Å². The molecule has 0 unspecified atom stereocenters. The third-order valence-electron chi connectivity index (χ3n) is 9.08. The number of nitrogens with one attached hydrogen (secondary N) is 1. The summed E-state index contributed by atoms with van der Waals surface area (Å²) in [4.78, 5) is 20.3. The zero-order chi connectivity index (χ0) is 29.9. The van der Waals surface area contributed by atoms with Crippen LogP contribution in [-0.4, -0.2) is 22.7 Å². The molecule has 5 heteroatoms. The number of thiophene rings is 1. The Labute approximate surface area is 264 Å². The number of fused-ring (bicyclic) bond motifs is 1. The highest BCUT2D eigenvalue weighted by Gasteiger charge is 2.27. The smallest absolute Gasteiger partial charge is 0.254 e. The van der Waals surface area contributed by atoms with Gasteiger partial charge in [0.15, 0.2) is 0 Å². The summed E-state index contributed by atoms with van der Waals surface area (Å²) in [6, 6.07) is 32.4. The van der Waals surface area contributed by atoms with E-state index in [0.29, 0.717) is 0 Å². The molecule has 3 aromatic carbocycles. The lowest BCUT2D eigenvalue weighted by atomic mass is 9.93. The van der Waals surface area contributed by atoms with Gasteiger partial charge in [-0.25, -0.2) is 4.99 Å². The number of aliphatic imine (C=N–C) groups is 1. The molecule has 0 atom stereocenters. The average Bonchev–Trinajstić information content (AvgIpc) is 3.64. The maximum absolute atomic E-state index is 13.8. The molecule has 0 spiro atoms. The van der Waals surface area contributed by atoms with E-state index >= 15 is 0 Å². The molecule has 44 heavy (non-hydrogen) atoms. The number of aryl methyl sites for hydroxylation is 2. The zero-order valence-electron chi connectivity index (χ0n) is 25.4. The predicted molar refractivity (Wildman–Crippen MR) is 184 cm³/mol. The summed E-state index contributed by atoms with van der Waals surface area (Å²) in [5.41, 5.74) is 9.86. The van der Waals surface area contributed by atoms with Gasteiger partial charge in [0.05, 0.1) is 17.0 Å².